The van der Waals surface area contributed by atoms with Crippen molar-refractivity contribution in [2.45, 2.75) is 32.8 Å². The zero-order valence-electron chi connectivity index (χ0n) is 10.3. The normalized spacial score (nSPS) is 12.2. The van der Waals surface area contributed by atoms with Crippen molar-refractivity contribution >= 4 is 22.5 Å². The summed E-state index contributed by atoms with van der Waals surface area (Å²) in [6.07, 6.45) is 0.963. The summed E-state index contributed by atoms with van der Waals surface area (Å²) in [5.74, 6) is 0. The minimum absolute atomic E-state index is 0.232. The van der Waals surface area contributed by atoms with Gasteiger partial charge in [0.1, 0.15) is 5.01 Å². The van der Waals surface area contributed by atoms with Crippen molar-refractivity contribution in [1.29, 1.82) is 0 Å². The highest BCUT2D eigenvalue weighted by Crippen LogP contribution is 2.15. The van der Waals surface area contributed by atoms with Crippen LogP contribution in [-0.2, 0) is 6.42 Å². The van der Waals surface area contributed by atoms with Crippen LogP contribution in [0, 0.1) is 0 Å². The molecule has 2 N–H and O–H groups in total. The lowest BCUT2D eigenvalue weighted by molar-refractivity contribution is 0.167. The Bertz CT molecular complexity index is 367. The highest BCUT2D eigenvalue weighted by molar-refractivity contribution is 7.15. The van der Waals surface area contributed by atoms with E-state index in [0.29, 0.717) is 18.1 Å². The van der Waals surface area contributed by atoms with Crippen LogP contribution in [0.5, 0.6) is 0 Å². The van der Waals surface area contributed by atoms with Gasteiger partial charge in [0.15, 0.2) is 0 Å². The van der Waals surface area contributed by atoms with E-state index < -0.39 is 6.10 Å². The van der Waals surface area contributed by atoms with Gasteiger partial charge in [0.2, 0.25) is 5.13 Å². The topological polar surface area (TPSA) is 78.4 Å². The Morgan fingerprint density at radius 3 is 2.82 bits per heavy atom. The van der Waals surface area contributed by atoms with Gasteiger partial charge in [0.25, 0.3) is 0 Å². The summed E-state index contributed by atoms with van der Waals surface area (Å²) >= 11 is 1.37. The van der Waals surface area contributed by atoms with E-state index in [-0.39, 0.29) is 6.03 Å². The van der Waals surface area contributed by atoms with E-state index in [9.17, 15) is 4.79 Å². The molecule has 2 amide bonds. The number of aliphatic hydroxyl groups is 1. The number of aromatic nitrogens is 2. The predicted octanol–water partition coefficient (Wildman–Crippen LogP) is 1.34. The second-order valence-electron chi connectivity index (χ2n) is 3.84. The molecule has 0 aliphatic carbocycles. The molecule has 1 unspecified atom stereocenters. The molecule has 0 aliphatic heterocycles. The third kappa shape index (κ3) is 4.66. The third-order valence-electron chi connectivity index (χ3n) is 2.21. The van der Waals surface area contributed by atoms with Gasteiger partial charge in [-0.25, -0.2) is 4.79 Å². The smallest absolute Gasteiger partial charge is 0.323 e. The van der Waals surface area contributed by atoms with Crippen molar-refractivity contribution in [3.05, 3.63) is 5.01 Å². The quantitative estimate of drug-likeness (QED) is 0.835. The molecule has 1 rings (SSSR count). The van der Waals surface area contributed by atoms with Crippen molar-refractivity contribution < 1.29 is 9.90 Å². The molecule has 96 valence electrons. The Kier molecular flexibility index (Phi) is 5.30. The van der Waals surface area contributed by atoms with E-state index in [1.165, 1.54) is 16.2 Å². The Morgan fingerprint density at radius 2 is 2.29 bits per heavy atom. The fourth-order valence-electron chi connectivity index (χ4n) is 1.12. The van der Waals surface area contributed by atoms with Gasteiger partial charge in [-0.3, -0.25) is 5.32 Å². The number of anilines is 1. The SMILES string of the molecule is CCc1nnc(NC(=O)N(C)CCC(C)O)s1. The molecule has 0 radical (unpaired) electrons. The lowest BCUT2D eigenvalue weighted by Crippen LogP contribution is -2.33. The molecule has 0 saturated carbocycles. The first-order chi connectivity index (χ1) is 8.02. The molecule has 0 aromatic carbocycles. The fraction of sp³-hybridized carbons (Fsp3) is 0.700. The fourth-order valence-corrected chi connectivity index (χ4v) is 1.79. The number of aryl methyl sites for hydroxylation is 1. The molecule has 0 fully saturated rings. The minimum atomic E-state index is -0.404. The molecule has 1 atom stereocenters. The van der Waals surface area contributed by atoms with Crippen LogP contribution >= 0.6 is 11.3 Å². The Balaban J connectivity index is 2.42. The van der Waals surface area contributed by atoms with Crippen LogP contribution in [0.15, 0.2) is 0 Å². The van der Waals surface area contributed by atoms with Gasteiger partial charge in [0.05, 0.1) is 6.10 Å². The number of amides is 2. The lowest BCUT2D eigenvalue weighted by Gasteiger charge is -2.17. The van der Waals surface area contributed by atoms with Crippen LogP contribution in [0.4, 0.5) is 9.93 Å². The minimum Gasteiger partial charge on any atom is -0.393 e. The molecule has 1 heterocycles. The van der Waals surface area contributed by atoms with Crippen molar-refractivity contribution in [1.82, 2.24) is 15.1 Å². The van der Waals surface area contributed by atoms with E-state index in [1.807, 2.05) is 6.92 Å². The molecular weight excluding hydrogens is 240 g/mol. The largest absolute Gasteiger partial charge is 0.393 e. The first kappa shape index (κ1) is 13.9. The molecule has 0 saturated heterocycles. The summed E-state index contributed by atoms with van der Waals surface area (Å²) in [5.41, 5.74) is 0. The van der Waals surface area contributed by atoms with Gasteiger partial charge in [0, 0.05) is 13.6 Å². The van der Waals surface area contributed by atoms with Crippen molar-refractivity contribution in [3.63, 3.8) is 0 Å². The zero-order valence-corrected chi connectivity index (χ0v) is 11.1. The highest BCUT2D eigenvalue weighted by atomic mass is 32.1. The van der Waals surface area contributed by atoms with Gasteiger partial charge in [-0.2, -0.15) is 0 Å². The Hall–Kier alpha value is -1.21. The number of carbonyl (C=O) groups is 1. The van der Waals surface area contributed by atoms with E-state index in [4.69, 9.17) is 5.11 Å². The van der Waals surface area contributed by atoms with Crippen LogP contribution in [-0.4, -0.2) is 45.9 Å². The molecule has 17 heavy (non-hydrogen) atoms. The van der Waals surface area contributed by atoms with E-state index in [1.54, 1.807) is 14.0 Å². The Morgan fingerprint density at radius 1 is 1.59 bits per heavy atom. The second kappa shape index (κ2) is 6.51. The van der Waals surface area contributed by atoms with Crippen LogP contribution in [0.2, 0.25) is 0 Å². The predicted molar refractivity (Wildman–Crippen MR) is 67.2 cm³/mol. The number of rotatable bonds is 5. The maximum Gasteiger partial charge on any atom is 0.323 e. The number of hydrogen-bond acceptors (Lipinski definition) is 5. The number of nitrogens with one attached hydrogen (secondary N) is 1. The molecule has 1 aromatic rings. The number of aliphatic hydroxyl groups excluding tert-OH is 1. The van der Waals surface area contributed by atoms with Crippen LogP contribution < -0.4 is 5.32 Å². The van der Waals surface area contributed by atoms with Gasteiger partial charge in [-0.15, -0.1) is 10.2 Å². The van der Waals surface area contributed by atoms with Gasteiger partial charge in [-0.1, -0.05) is 18.3 Å². The first-order valence-corrected chi connectivity index (χ1v) is 6.37. The average Bonchev–Trinajstić information content (AvgIpc) is 2.73. The van der Waals surface area contributed by atoms with E-state index >= 15 is 0 Å². The van der Waals surface area contributed by atoms with Crippen LogP contribution in [0.25, 0.3) is 0 Å². The number of hydrogen-bond donors (Lipinski definition) is 2. The van der Waals surface area contributed by atoms with Gasteiger partial charge < -0.3 is 10.0 Å². The monoisotopic (exact) mass is 258 g/mol. The number of carbonyl (C=O) groups excluding carboxylic acids is 1. The summed E-state index contributed by atoms with van der Waals surface area (Å²) in [6.45, 7) is 4.19. The second-order valence-corrected chi connectivity index (χ2v) is 4.91. The summed E-state index contributed by atoms with van der Waals surface area (Å²) in [5, 5.41) is 21.0. The van der Waals surface area contributed by atoms with Crippen LogP contribution in [0.1, 0.15) is 25.3 Å². The molecule has 7 heteroatoms. The van der Waals surface area contributed by atoms with Crippen molar-refractivity contribution in [2.24, 2.45) is 0 Å². The highest BCUT2D eigenvalue weighted by Gasteiger charge is 2.12. The van der Waals surface area contributed by atoms with E-state index in [2.05, 4.69) is 15.5 Å². The molecule has 6 nitrogen and oxygen atoms in total. The standard InChI is InChI=1S/C10H18N4O2S/c1-4-8-12-13-9(17-8)11-10(16)14(3)6-5-7(2)15/h7,15H,4-6H2,1-3H3,(H,11,13,16). The van der Waals surface area contributed by atoms with E-state index in [0.717, 1.165) is 11.4 Å². The number of urea groups is 1. The summed E-state index contributed by atoms with van der Waals surface area (Å²) in [7, 11) is 1.68. The summed E-state index contributed by atoms with van der Waals surface area (Å²) in [4.78, 5) is 13.2. The lowest BCUT2D eigenvalue weighted by atomic mass is 10.3. The third-order valence-corrected chi connectivity index (χ3v) is 3.20. The van der Waals surface area contributed by atoms with Crippen molar-refractivity contribution in [3.8, 4) is 0 Å². The molecule has 0 bridgehead atoms. The van der Waals surface area contributed by atoms with Gasteiger partial charge in [-0.05, 0) is 19.8 Å². The van der Waals surface area contributed by atoms with Crippen LogP contribution in [0.3, 0.4) is 0 Å². The molecule has 0 aliphatic rings. The maximum atomic E-state index is 11.7. The maximum absolute atomic E-state index is 11.7. The molecule has 1 aromatic heterocycles. The average molecular weight is 258 g/mol. The first-order valence-electron chi connectivity index (χ1n) is 5.55. The van der Waals surface area contributed by atoms with Gasteiger partial charge >= 0.3 is 6.03 Å². The summed E-state index contributed by atoms with van der Waals surface area (Å²) in [6, 6.07) is -0.232. The Labute approximate surface area is 105 Å². The molecule has 0 spiro atoms. The van der Waals surface area contributed by atoms with Crippen molar-refractivity contribution in [2.75, 3.05) is 18.9 Å². The summed E-state index contributed by atoms with van der Waals surface area (Å²) < 4.78 is 0. The molecular formula is C10H18N4O2S. The zero-order chi connectivity index (χ0) is 12.8. The number of nitrogens with zero attached hydrogens (tertiary/aromatic N) is 3.